The third kappa shape index (κ3) is 1.99. The average Bonchev–Trinajstić information content (AvgIpc) is 3.23. The maximum Gasteiger partial charge on any atom is 0.127 e. The van der Waals surface area contributed by atoms with Gasteiger partial charge >= 0.3 is 0 Å². The van der Waals surface area contributed by atoms with Crippen molar-refractivity contribution >= 4 is 0 Å². The third-order valence-corrected chi connectivity index (χ3v) is 4.42. The van der Waals surface area contributed by atoms with E-state index in [9.17, 15) is 4.39 Å². The molecular formula is C15H20FN. The molecule has 2 fully saturated rings. The molecule has 0 aliphatic heterocycles. The number of halogens is 1. The predicted molar refractivity (Wildman–Crippen MR) is 67.5 cm³/mol. The molecule has 0 spiro atoms. The Morgan fingerprint density at radius 2 is 2.12 bits per heavy atom. The van der Waals surface area contributed by atoms with E-state index in [4.69, 9.17) is 0 Å². The van der Waals surface area contributed by atoms with E-state index in [-0.39, 0.29) is 11.2 Å². The van der Waals surface area contributed by atoms with Crippen LogP contribution in [0.5, 0.6) is 0 Å². The van der Waals surface area contributed by atoms with E-state index in [0.717, 1.165) is 24.9 Å². The van der Waals surface area contributed by atoms with Crippen molar-refractivity contribution in [2.24, 2.45) is 5.92 Å². The van der Waals surface area contributed by atoms with E-state index in [2.05, 4.69) is 12.2 Å². The van der Waals surface area contributed by atoms with Gasteiger partial charge in [-0.1, -0.05) is 31.5 Å². The van der Waals surface area contributed by atoms with Crippen molar-refractivity contribution in [2.45, 2.75) is 44.1 Å². The zero-order valence-corrected chi connectivity index (χ0v) is 10.4. The van der Waals surface area contributed by atoms with Gasteiger partial charge in [-0.15, -0.1) is 0 Å². The molecule has 1 aromatic rings. The van der Waals surface area contributed by atoms with E-state index in [0.29, 0.717) is 12.0 Å². The second-order valence-electron chi connectivity index (χ2n) is 5.60. The lowest BCUT2D eigenvalue weighted by atomic mass is 9.91. The van der Waals surface area contributed by atoms with Crippen LogP contribution in [-0.2, 0) is 5.41 Å². The van der Waals surface area contributed by atoms with Crippen LogP contribution in [0.25, 0.3) is 0 Å². The SMILES string of the molecule is CCC1CC1(CNC1CC1)c1ccccc1F. The van der Waals surface area contributed by atoms with Crippen molar-refractivity contribution < 1.29 is 4.39 Å². The lowest BCUT2D eigenvalue weighted by Crippen LogP contribution is -2.30. The van der Waals surface area contributed by atoms with Crippen LogP contribution in [0.2, 0.25) is 0 Å². The Labute approximate surface area is 102 Å². The van der Waals surface area contributed by atoms with Gasteiger partial charge in [0.1, 0.15) is 5.82 Å². The first-order chi connectivity index (χ1) is 8.26. The molecule has 0 aromatic heterocycles. The van der Waals surface area contributed by atoms with Gasteiger partial charge in [0.2, 0.25) is 0 Å². The molecule has 0 bridgehead atoms. The van der Waals surface area contributed by atoms with Gasteiger partial charge in [-0.05, 0) is 36.8 Å². The maximum atomic E-state index is 13.9. The van der Waals surface area contributed by atoms with Crippen LogP contribution in [0.3, 0.4) is 0 Å². The summed E-state index contributed by atoms with van der Waals surface area (Å²) in [6.07, 6.45) is 4.89. The van der Waals surface area contributed by atoms with Crippen LogP contribution in [0.1, 0.15) is 38.2 Å². The molecular weight excluding hydrogens is 213 g/mol. The Balaban J connectivity index is 1.82. The molecule has 2 saturated carbocycles. The van der Waals surface area contributed by atoms with E-state index in [1.165, 1.54) is 12.8 Å². The minimum atomic E-state index is -0.0268. The van der Waals surface area contributed by atoms with E-state index < -0.39 is 0 Å². The summed E-state index contributed by atoms with van der Waals surface area (Å²) in [6.45, 7) is 3.17. The molecule has 0 radical (unpaired) electrons. The molecule has 2 unspecified atom stereocenters. The summed E-state index contributed by atoms with van der Waals surface area (Å²) in [6, 6.07) is 8.02. The Morgan fingerprint density at radius 3 is 2.71 bits per heavy atom. The first-order valence-corrected chi connectivity index (χ1v) is 6.74. The standard InChI is InChI=1S/C15H20FN/c1-2-11-9-15(11,10-17-12-7-8-12)13-5-3-4-6-14(13)16/h3-6,11-12,17H,2,7-10H2,1H3. The Kier molecular flexibility index (Phi) is 2.70. The first kappa shape index (κ1) is 11.2. The Bertz CT molecular complexity index is 413. The number of nitrogens with one attached hydrogen (secondary N) is 1. The van der Waals surface area contributed by atoms with Crippen LogP contribution in [0, 0.1) is 11.7 Å². The van der Waals surface area contributed by atoms with Gasteiger partial charge in [-0.25, -0.2) is 4.39 Å². The summed E-state index contributed by atoms with van der Waals surface area (Å²) < 4.78 is 13.9. The van der Waals surface area contributed by atoms with E-state index >= 15 is 0 Å². The zero-order chi connectivity index (χ0) is 11.9. The molecule has 1 N–H and O–H groups in total. The number of hydrogen-bond acceptors (Lipinski definition) is 1. The van der Waals surface area contributed by atoms with Crippen molar-refractivity contribution in [2.75, 3.05) is 6.54 Å². The molecule has 2 atom stereocenters. The molecule has 2 aliphatic carbocycles. The summed E-state index contributed by atoms with van der Waals surface area (Å²) in [4.78, 5) is 0. The molecule has 1 aromatic carbocycles. The predicted octanol–water partition coefficient (Wildman–Crippen LogP) is 3.25. The monoisotopic (exact) mass is 233 g/mol. The average molecular weight is 233 g/mol. The number of benzene rings is 1. The smallest absolute Gasteiger partial charge is 0.127 e. The second-order valence-corrected chi connectivity index (χ2v) is 5.60. The fourth-order valence-corrected chi connectivity index (χ4v) is 3.04. The molecule has 0 amide bonds. The van der Waals surface area contributed by atoms with Crippen molar-refractivity contribution in [3.05, 3.63) is 35.6 Å². The van der Waals surface area contributed by atoms with Gasteiger partial charge in [-0.3, -0.25) is 0 Å². The van der Waals surface area contributed by atoms with Gasteiger partial charge in [0.15, 0.2) is 0 Å². The van der Waals surface area contributed by atoms with Crippen molar-refractivity contribution in [3.63, 3.8) is 0 Å². The summed E-state index contributed by atoms with van der Waals surface area (Å²) in [5.74, 6) is 0.631. The zero-order valence-electron chi connectivity index (χ0n) is 10.4. The molecule has 0 heterocycles. The maximum absolute atomic E-state index is 13.9. The van der Waals surface area contributed by atoms with Crippen LogP contribution in [0.4, 0.5) is 4.39 Å². The number of hydrogen-bond donors (Lipinski definition) is 1. The quantitative estimate of drug-likeness (QED) is 0.823. The molecule has 2 heteroatoms. The summed E-state index contributed by atoms with van der Waals surface area (Å²) in [5.41, 5.74) is 1.02. The minimum Gasteiger partial charge on any atom is -0.313 e. The molecule has 3 rings (SSSR count). The highest BCUT2D eigenvalue weighted by Gasteiger charge is 2.55. The fourth-order valence-electron chi connectivity index (χ4n) is 3.04. The lowest BCUT2D eigenvalue weighted by Gasteiger charge is -2.19. The first-order valence-electron chi connectivity index (χ1n) is 6.74. The van der Waals surface area contributed by atoms with Crippen LogP contribution in [0.15, 0.2) is 24.3 Å². The van der Waals surface area contributed by atoms with Crippen molar-refractivity contribution in [3.8, 4) is 0 Å². The van der Waals surface area contributed by atoms with Gasteiger partial charge in [0.25, 0.3) is 0 Å². The summed E-state index contributed by atoms with van der Waals surface area (Å²) in [5, 5.41) is 3.58. The van der Waals surface area contributed by atoms with Crippen LogP contribution >= 0.6 is 0 Å². The van der Waals surface area contributed by atoms with E-state index in [1.54, 1.807) is 12.1 Å². The van der Waals surface area contributed by atoms with Gasteiger partial charge in [0.05, 0.1) is 0 Å². The molecule has 17 heavy (non-hydrogen) atoms. The van der Waals surface area contributed by atoms with Gasteiger partial charge in [0, 0.05) is 18.0 Å². The molecule has 2 aliphatic rings. The van der Waals surface area contributed by atoms with Crippen LogP contribution < -0.4 is 5.32 Å². The van der Waals surface area contributed by atoms with Crippen LogP contribution in [-0.4, -0.2) is 12.6 Å². The summed E-state index contributed by atoms with van der Waals surface area (Å²) >= 11 is 0. The summed E-state index contributed by atoms with van der Waals surface area (Å²) in [7, 11) is 0. The largest absolute Gasteiger partial charge is 0.313 e. The highest BCUT2D eigenvalue weighted by molar-refractivity contribution is 5.35. The molecule has 0 saturated heterocycles. The minimum absolute atomic E-state index is 0.0268. The number of rotatable bonds is 5. The Morgan fingerprint density at radius 1 is 1.35 bits per heavy atom. The third-order valence-electron chi connectivity index (χ3n) is 4.42. The molecule has 92 valence electrons. The highest BCUT2D eigenvalue weighted by atomic mass is 19.1. The topological polar surface area (TPSA) is 12.0 Å². The van der Waals surface area contributed by atoms with E-state index in [1.807, 2.05) is 12.1 Å². The van der Waals surface area contributed by atoms with Gasteiger partial charge < -0.3 is 5.32 Å². The second kappa shape index (κ2) is 4.09. The van der Waals surface area contributed by atoms with Crippen molar-refractivity contribution in [1.29, 1.82) is 0 Å². The highest BCUT2D eigenvalue weighted by Crippen LogP contribution is 2.56. The van der Waals surface area contributed by atoms with Gasteiger partial charge in [-0.2, -0.15) is 0 Å². The van der Waals surface area contributed by atoms with Crippen molar-refractivity contribution in [1.82, 2.24) is 5.32 Å². The Hall–Kier alpha value is -0.890. The fraction of sp³-hybridized carbons (Fsp3) is 0.600. The lowest BCUT2D eigenvalue weighted by molar-refractivity contribution is 0.492. The normalized spacial score (nSPS) is 31.5. The molecule has 1 nitrogen and oxygen atoms in total.